The van der Waals surface area contributed by atoms with Gasteiger partial charge >= 0.3 is 0 Å². The fourth-order valence-corrected chi connectivity index (χ4v) is 1.98. The van der Waals surface area contributed by atoms with Crippen molar-refractivity contribution in [2.24, 2.45) is 0 Å². The lowest BCUT2D eigenvalue weighted by Gasteiger charge is -2.05. The maximum Gasteiger partial charge on any atom is 0.139 e. The van der Waals surface area contributed by atoms with Gasteiger partial charge in [0.05, 0.1) is 6.07 Å². The third kappa shape index (κ3) is 3.36. The highest BCUT2D eigenvalue weighted by molar-refractivity contribution is 8.23. The first kappa shape index (κ1) is 11.0. The molecule has 0 fully saturated rings. The summed E-state index contributed by atoms with van der Waals surface area (Å²) in [6, 6.07) is 10.0. The highest BCUT2D eigenvalue weighted by atomic mass is 32.2. The Balaban J connectivity index is 2.57. The van der Waals surface area contributed by atoms with E-state index in [0.717, 1.165) is 4.90 Å². The molecule has 0 aromatic heterocycles. The molecule has 1 aromatic carbocycles. The van der Waals surface area contributed by atoms with Crippen molar-refractivity contribution in [1.82, 2.24) is 5.32 Å². The Morgan fingerprint density at radius 1 is 1.57 bits per heavy atom. The summed E-state index contributed by atoms with van der Waals surface area (Å²) in [5, 5.41) is 11.2. The first-order valence-corrected chi connectivity index (χ1v) is 5.35. The standard InChI is InChI=1S/C10H10N2S2/c1-8-4-2-3-5-9(8)14-10(13)12-7-6-11/h2-5H,7H2,1H3,(H,12,13). The summed E-state index contributed by atoms with van der Waals surface area (Å²) in [6.07, 6.45) is 0. The van der Waals surface area contributed by atoms with Crippen LogP contribution in [0.4, 0.5) is 0 Å². The smallest absolute Gasteiger partial charge is 0.139 e. The minimum absolute atomic E-state index is 0.262. The minimum Gasteiger partial charge on any atom is -0.358 e. The highest BCUT2D eigenvalue weighted by Crippen LogP contribution is 2.22. The van der Waals surface area contributed by atoms with Gasteiger partial charge in [0.1, 0.15) is 10.9 Å². The van der Waals surface area contributed by atoms with E-state index >= 15 is 0 Å². The molecule has 0 amide bonds. The van der Waals surface area contributed by atoms with Gasteiger partial charge in [-0.2, -0.15) is 5.26 Å². The second kappa shape index (κ2) is 5.63. The second-order valence-electron chi connectivity index (χ2n) is 2.67. The monoisotopic (exact) mass is 222 g/mol. The van der Waals surface area contributed by atoms with E-state index in [1.807, 2.05) is 37.3 Å². The number of aryl methyl sites for hydroxylation is 1. The van der Waals surface area contributed by atoms with Gasteiger partial charge in [-0.1, -0.05) is 42.2 Å². The number of rotatable bonds is 2. The van der Waals surface area contributed by atoms with Crippen molar-refractivity contribution in [3.63, 3.8) is 0 Å². The molecule has 0 aliphatic carbocycles. The molecule has 14 heavy (non-hydrogen) atoms. The zero-order valence-corrected chi connectivity index (χ0v) is 9.41. The maximum atomic E-state index is 8.35. The third-order valence-corrected chi connectivity index (χ3v) is 3.01. The Morgan fingerprint density at radius 3 is 2.93 bits per heavy atom. The van der Waals surface area contributed by atoms with Gasteiger partial charge in [-0.15, -0.1) is 0 Å². The predicted molar refractivity (Wildman–Crippen MR) is 63.2 cm³/mol. The first-order valence-electron chi connectivity index (χ1n) is 4.12. The molecule has 0 saturated carbocycles. The molecule has 0 aliphatic heterocycles. The Hall–Kier alpha value is -1.05. The molecule has 0 bridgehead atoms. The molecule has 0 heterocycles. The molecular weight excluding hydrogens is 212 g/mol. The molecular formula is C10H10N2S2. The predicted octanol–water partition coefficient (Wildman–Crippen LogP) is 2.49. The number of thioether (sulfide) groups is 1. The molecule has 0 spiro atoms. The van der Waals surface area contributed by atoms with Crippen LogP contribution in [0.5, 0.6) is 0 Å². The van der Waals surface area contributed by atoms with Crippen LogP contribution in [0, 0.1) is 18.3 Å². The van der Waals surface area contributed by atoms with Gasteiger partial charge in [0.2, 0.25) is 0 Å². The van der Waals surface area contributed by atoms with Crippen LogP contribution in [0.3, 0.4) is 0 Å². The summed E-state index contributed by atoms with van der Waals surface area (Å²) in [5.41, 5.74) is 1.19. The van der Waals surface area contributed by atoms with E-state index in [1.165, 1.54) is 17.3 Å². The fourth-order valence-electron chi connectivity index (χ4n) is 0.919. The molecule has 1 rings (SSSR count). The Bertz CT molecular complexity index is 369. The summed E-state index contributed by atoms with van der Waals surface area (Å²) < 4.78 is 0.640. The van der Waals surface area contributed by atoms with E-state index in [1.54, 1.807) is 0 Å². The SMILES string of the molecule is Cc1ccccc1SC(=S)NCC#N. The number of benzene rings is 1. The molecule has 0 atom stereocenters. The van der Waals surface area contributed by atoms with E-state index in [9.17, 15) is 0 Å². The van der Waals surface area contributed by atoms with Crippen LogP contribution in [0.25, 0.3) is 0 Å². The molecule has 4 heteroatoms. The normalized spacial score (nSPS) is 9.14. The quantitative estimate of drug-likeness (QED) is 0.474. The van der Waals surface area contributed by atoms with Crippen LogP contribution in [-0.2, 0) is 0 Å². The Morgan fingerprint density at radius 2 is 2.29 bits per heavy atom. The molecule has 72 valence electrons. The number of nitrogens with zero attached hydrogens (tertiary/aromatic N) is 1. The van der Waals surface area contributed by atoms with E-state index in [-0.39, 0.29) is 6.54 Å². The van der Waals surface area contributed by atoms with E-state index in [0.29, 0.717) is 4.32 Å². The number of hydrogen-bond acceptors (Lipinski definition) is 3. The van der Waals surface area contributed by atoms with Crippen molar-refractivity contribution in [2.75, 3.05) is 6.54 Å². The van der Waals surface area contributed by atoms with Crippen LogP contribution in [0.2, 0.25) is 0 Å². The van der Waals surface area contributed by atoms with Gasteiger partial charge in [-0.05, 0) is 18.6 Å². The van der Waals surface area contributed by atoms with Crippen molar-refractivity contribution < 1.29 is 0 Å². The van der Waals surface area contributed by atoms with Crippen LogP contribution in [-0.4, -0.2) is 10.9 Å². The minimum atomic E-state index is 0.262. The van der Waals surface area contributed by atoms with Gasteiger partial charge in [-0.3, -0.25) is 0 Å². The van der Waals surface area contributed by atoms with E-state index in [4.69, 9.17) is 17.5 Å². The molecule has 1 N–H and O–H groups in total. The highest BCUT2D eigenvalue weighted by Gasteiger charge is 2.01. The average Bonchev–Trinajstić information content (AvgIpc) is 2.18. The van der Waals surface area contributed by atoms with E-state index in [2.05, 4.69) is 5.32 Å². The summed E-state index contributed by atoms with van der Waals surface area (Å²) in [5.74, 6) is 0. The summed E-state index contributed by atoms with van der Waals surface area (Å²) in [4.78, 5) is 1.13. The lowest BCUT2D eigenvalue weighted by molar-refractivity contribution is 1.09. The van der Waals surface area contributed by atoms with Crippen molar-refractivity contribution in [2.45, 2.75) is 11.8 Å². The molecule has 0 aliphatic rings. The van der Waals surface area contributed by atoms with Gasteiger partial charge in [0.25, 0.3) is 0 Å². The Kier molecular flexibility index (Phi) is 4.44. The molecule has 0 radical (unpaired) electrons. The molecule has 0 saturated heterocycles. The summed E-state index contributed by atoms with van der Waals surface area (Å²) >= 11 is 6.54. The number of nitriles is 1. The molecule has 2 nitrogen and oxygen atoms in total. The first-order chi connectivity index (χ1) is 6.74. The van der Waals surface area contributed by atoms with Gasteiger partial charge in [-0.25, -0.2) is 0 Å². The number of thiocarbonyl (C=S) groups is 1. The van der Waals surface area contributed by atoms with E-state index < -0.39 is 0 Å². The lowest BCUT2D eigenvalue weighted by atomic mass is 10.2. The zero-order chi connectivity index (χ0) is 10.4. The lowest BCUT2D eigenvalue weighted by Crippen LogP contribution is -2.18. The van der Waals surface area contributed by atoms with Crippen molar-refractivity contribution >= 4 is 28.3 Å². The molecule has 1 aromatic rings. The van der Waals surface area contributed by atoms with Crippen LogP contribution < -0.4 is 5.32 Å². The van der Waals surface area contributed by atoms with Crippen LogP contribution >= 0.6 is 24.0 Å². The molecule has 0 unspecified atom stereocenters. The Labute approximate surface area is 93.3 Å². The van der Waals surface area contributed by atoms with Crippen molar-refractivity contribution in [3.05, 3.63) is 29.8 Å². The van der Waals surface area contributed by atoms with Crippen LogP contribution in [0.1, 0.15) is 5.56 Å². The fraction of sp³-hybridized carbons (Fsp3) is 0.200. The number of nitrogens with one attached hydrogen (secondary N) is 1. The maximum absolute atomic E-state index is 8.35. The summed E-state index contributed by atoms with van der Waals surface area (Å²) in [6.45, 7) is 2.30. The summed E-state index contributed by atoms with van der Waals surface area (Å²) in [7, 11) is 0. The van der Waals surface area contributed by atoms with Gasteiger partial charge < -0.3 is 5.32 Å². The van der Waals surface area contributed by atoms with Crippen molar-refractivity contribution in [3.8, 4) is 6.07 Å². The average molecular weight is 222 g/mol. The largest absolute Gasteiger partial charge is 0.358 e. The third-order valence-electron chi connectivity index (χ3n) is 1.61. The van der Waals surface area contributed by atoms with Gasteiger partial charge in [0, 0.05) is 4.90 Å². The second-order valence-corrected chi connectivity index (χ2v) is 4.39. The zero-order valence-electron chi connectivity index (χ0n) is 7.78. The number of hydrogen-bond donors (Lipinski definition) is 1. The van der Waals surface area contributed by atoms with Crippen LogP contribution in [0.15, 0.2) is 29.2 Å². The topological polar surface area (TPSA) is 35.8 Å². The van der Waals surface area contributed by atoms with Gasteiger partial charge in [0.15, 0.2) is 0 Å². The van der Waals surface area contributed by atoms with Crippen molar-refractivity contribution in [1.29, 1.82) is 5.26 Å².